The molecular weight excluding hydrogens is 240 g/mol. The quantitative estimate of drug-likeness (QED) is 0.742. The zero-order valence-electron chi connectivity index (χ0n) is 12.3. The Morgan fingerprint density at radius 2 is 2.16 bits per heavy atom. The normalized spacial score (nSPS) is 53.8. The first-order valence-corrected chi connectivity index (χ1v) is 7.48. The van der Waals surface area contributed by atoms with Crippen LogP contribution >= 0.6 is 0 Å². The lowest BCUT2D eigenvalue weighted by molar-refractivity contribution is -0.174. The molecule has 6 unspecified atom stereocenters. The van der Waals surface area contributed by atoms with Crippen LogP contribution in [0, 0.1) is 22.7 Å². The van der Waals surface area contributed by atoms with Crippen LogP contribution in [-0.4, -0.2) is 31.2 Å². The van der Waals surface area contributed by atoms with Gasteiger partial charge >= 0.3 is 0 Å². The summed E-state index contributed by atoms with van der Waals surface area (Å²) in [6.45, 7) is 9.26. The van der Waals surface area contributed by atoms with Gasteiger partial charge in [-0.05, 0) is 35.7 Å². The van der Waals surface area contributed by atoms with E-state index in [9.17, 15) is 5.11 Å². The van der Waals surface area contributed by atoms with Crippen LogP contribution in [0.3, 0.4) is 0 Å². The second-order valence-corrected chi connectivity index (χ2v) is 7.02. The van der Waals surface area contributed by atoms with Gasteiger partial charge in [-0.3, -0.25) is 0 Å². The average Bonchev–Trinajstić information content (AvgIpc) is 2.83. The van der Waals surface area contributed by atoms with E-state index in [4.69, 9.17) is 9.47 Å². The van der Waals surface area contributed by atoms with Crippen LogP contribution < -0.4 is 0 Å². The minimum Gasteiger partial charge on any atom is -0.391 e. The van der Waals surface area contributed by atoms with E-state index < -0.39 is 6.10 Å². The largest absolute Gasteiger partial charge is 0.391 e. The zero-order chi connectivity index (χ0) is 13.8. The Morgan fingerprint density at radius 3 is 2.79 bits per heavy atom. The second-order valence-electron chi connectivity index (χ2n) is 7.02. The Labute approximate surface area is 116 Å². The first-order valence-electron chi connectivity index (χ1n) is 7.48. The fourth-order valence-corrected chi connectivity index (χ4v) is 5.05. The van der Waals surface area contributed by atoms with E-state index in [0.29, 0.717) is 18.4 Å². The molecule has 0 radical (unpaired) electrons. The van der Waals surface area contributed by atoms with Crippen LogP contribution in [0.1, 0.15) is 39.5 Å². The molecule has 3 aliphatic rings. The molecule has 0 aromatic heterocycles. The number of aliphatic hydroxyl groups excluding tert-OH is 1. The highest BCUT2D eigenvalue weighted by Crippen LogP contribution is 2.66. The van der Waals surface area contributed by atoms with Crippen molar-refractivity contribution in [2.75, 3.05) is 13.7 Å². The number of hydrogen-bond donors (Lipinski definition) is 1. The van der Waals surface area contributed by atoms with Crippen LogP contribution in [-0.2, 0) is 9.47 Å². The highest BCUT2D eigenvalue weighted by atomic mass is 16.7. The lowest BCUT2D eigenvalue weighted by Gasteiger charge is -2.45. The fourth-order valence-electron chi connectivity index (χ4n) is 5.05. The minimum absolute atomic E-state index is 0.0222. The van der Waals surface area contributed by atoms with Gasteiger partial charge in [0.05, 0.1) is 18.1 Å². The maximum absolute atomic E-state index is 11.2. The summed E-state index contributed by atoms with van der Waals surface area (Å²) in [5.41, 5.74) is 0.619. The highest BCUT2D eigenvalue weighted by molar-refractivity contribution is 5.27. The molecule has 3 rings (SSSR count). The molecule has 0 aromatic carbocycles. The number of methoxy groups -OCH3 is 1. The minimum atomic E-state index is -0.403. The molecule has 0 bridgehead atoms. The van der Waals surface area contributed by atoms with E-state index >= 15 is 0 Å². The van der Waals surface area contributed by atoms with E-state index in [2.05, 4.69) is 20.4 Å². The highest BCUT2D eigenvalue weighted by Gasteiger charge is 2.67. The molecule has 2 aliphatic carbocycles. The van der Waals surface area contributed by atoms with Gasteiger partial charge in [-0.1, -0.05) is 33.3 Å². The smallest absolute Gasteiger partial charge is 0.169 e. The Bertz CT molecular complexity index is 393. The Kier molecular flexibility index (Phi) is 3.08. The third kappa shape index (κ3) is 1.50. The molecule has 1 heterocycles. The van der Waals surface area contributed by atoms with Gasteiger partial charge in [0.1, 0.15) is 0 Å². The van der Waals surface area contributed by atoms with Crippen molar-refractivity contribution in [1.29, 1.82) is 0 Å². The van der Waals surface area contributed by atoms with Gasteiger partial charge in [-0.25, -0.2) is 0 Å². The van der Waals surface area contributed by atoms with Gasteiger partial charge in [0, 0.05) is 7.11 Å². The molecule has 6 atom stereocenters. The van der Waals surface area contributed by atoms with E-state index in [1.54, 1.807) is 7.11 Å². The first kappa shape index (κ1) is 13.6. The predicted molar refractivity (Wildman–Crippen MR) is 73.6 cm³/mol. The molecule has 1 N–H and O–H groups in total. The standard InChI is InChI=1S/C16H26O3/c1-10-6-5-7-12-8-16(13(17)15(10,12)3)11(2)9-19-14(16)18-4/h10,12-14,17H,2,5-9H2,1,3-4H3. The maximum Gasteiger partial charge on any atom is 0.169 e. The van der Waals surface area contributed by atoms with Crippen LogP contribution in [0.25, 0.3) is 0 Å². The third-order valence-corrected chi connectivity index (χ3v) is 6.49. The van der Waals surface area contributed by atoms with Gasteiger partial charge in [0.2, 0.25) is 0 Å². The van der Waals surface area contributed by atoms with E-state index in [1.807, 2.05) is 0 Å². The van der Waals surface area contributed by atoms with E-state index in [0.717, 1.165) is 12.0 Å². The topological polar surface area (TPSA) is 38.7 Å². The molecule has 108 valence electrons. The van der Waals surface area contributed by atoms with Crippen molar-refractivity contribution >= 4 is 0 Å². The monoisotopic (exact) mass is 266 g/mol. The lowest BCUT2D eigenvalue weighted by Crippen LogP contribution is -2.49. The first-order chi connectivity index (χ1) is 8.97. The van der Waals surface area contributed by atoms with Crippen LogP contribution in [0.5, 0.6) is 0 Å². The Morgan fingerprint density at radius 1 is 1.42 bits per heavy atom. The maximum atomic E-state index is 11.2. The van der Waals surface area contributed by atoms with E-state index in [-0.39, 0.29) is 17.1 Å². The predicted octanol–water partition coefficient (Wildman–Crippen LogP) is 2.74. The van der Waals surface area contributed by atoms with Gasteiger partial charge < -0.3 is 14.6 Å². The molecule has 0 amide bonds. The number of aliphatic hydroxyl groups is 1. The van der Waals surface area contributed by atoms with Crippen molar-refractivity contribution < 1.29 is 14.6 Å². The summed E-state index contributed by atoms with van der Waals surface area (Å²) in [6, 6.07) is 0. The molecule has 3 fully saturated rings. The summed E-state index contributed by atoms with van der Waals surface area (Å²) in [5.74, 6) is 1.11. The lowest BCUT2D eigenvalue weighted by atomic mass is 9.61. The van der Waals surface area contributed by atoms with Crippen LogP contribution in [0.15, 0.2) is 12.2 Å². The third-order valence-electron chi connectivity index (χ3n) is 6.49. The van der Waals surface area contributed by atoms with E-state index in [1.165, 1.54) is 19.3 Å². The molecular formula is C16H26O3. The summed E-state index contributed by atoms with van der Waals surface area (Å²) >= 11 is 0. The molecule has 1 aliphatic heterocycles. The van der Waals surface area contributed by atoms with Crippen molar-refractivity contribution in [2.24, 2.45) is 22.7 Å². The van der Waals surface area contributed by atoms with Crippen molar-refractivity contribution in [1.82, 2.24) is 0 Å². The Hall–Kier alpha value is -0.380. The van der Waals surface area contributed by atoms with Crippen LogP contribution in [0.4, 0.5) is 0 Å². The number of fused-ring (bicyclic) bond motifs is 1. The summed E-state index contributed by atoms with van der Waals surface area (Å²) in [4.78, 5) is 0. The summed E-state index contributed by atoms with van der Waals surface area (Å²) in [5, 5.41) is 11.2. The fraction of sp³-hybridized carbons (Fsp3) is 0.875. The Balaban J connectivity index is 2.04. The van der Waals surface area contributed by atoms with Crippen molar-refractivity contribution in [2.45, 2.75) is 51.9 Å². The number of rotatable bonds is 1. The summed E-state index contributed by atoms with van der Waals surface area (Å²) in [7, 11) is 1.67. The number of ether oxygens (including phenoxy) is 2. The number of hydrogen-bond acceptors (Lipinski definition) is 3. The van der Waals surface area contributed by atoms with Crippen molar-refractivity contribution in [3.8, 4) is 0 Å². The van der Waals surface area contributed by atoms with Gasteiger partial charge in [0.15, 0.2) is 6.29 Å². The van der Waals surface area contributed by atoms with Gasteiger partial charge in [-0.15, -0.1) is 0 Å². The second kappa shape index (κ2) is 4.31. The molecule has 1 saturated heterocycles. The van der Waals surface area contributed by atoms with Gasteiger partial charge in [0.25, 0.3) is 0 Å². The molecule has 1 spiro atoms. The molecule has 19 heavy (non-hydrogen) atoms. The van der Waals surface area contributed by atoms with Crippen LogP contribution in [0.2, 0.25) is 0 Å². The summed E-state index contributed by atoms with van der Waals surface area (Å²) < 4.78 is 11.3. The average molecular weight is 266 g/mol. The van der Waals surface area contributed by atoms with Crippen molar-refractivity contribution in [3.05, 3.63) is 12.2 Å². The molecule has 3 nitrogen and oxygen atoms in total. The molecule has 3 heteroatoms. The summed E-state index contributed by atoms with van der Waals surface area (Å²) in [6.07, 6.45) is 3.93. The van der Waals surface area contributed by atoms with Crippen molar-refractivity contribution in [3.63, 3.8) is 0 Å². The molecule has 0 aromatic rings. The molecule has 2 saturated carbocycles. The SMILES string of the molecule is C=C1COC(OC)C12CC1CCCC(C)C1(C)C2O. The van der Waals surface area contributed by atoms with Gasteiger partial charge in [-0.2, -0.15) is 0 Å². The zero-order valence-corrected chi connectivity index (χ0v) is 12.3.